The fourth-order valence-corrected chi connectivity index (χ4v) is 4.09. The lowest BCUT2D eigenvalue weighted by Gasteiger charge is -2.27. The number of halogens is 1. The van der Waals surface area contributed by atoms with Gasteiger partial charge in [-0.25, -0.2) is 4.39 Å². The zero-order valence-corrected chi connectivity index (χ0v) is 17.4. The monoisotopic (exact) mass is 415 g/mol. The van der Waals surface area contributed by atoms with Gasteiger partial charge in [0.05, 0.1) is 30.2 Å². The van der Waals surface area contributed by atoms with E-state index in [0.717, 1.165) is 45.2 Å². The molecule has 0 bridgehead atoms. The van der Waals surface area contributed by atoms with Crippen molar-refractivity contribution in [1.82, 2.24) is 24.6 Å². The average Bonchev–Trinajstić information content (AvgIpc) is 3.37. The molecule has 6 nitrogen and oxygen atoms in total. The number of carbonyl (C=O) groups is 1. The average molecular weight is 415 g/mol. The summed E-state index contributed by atoms with van der Waals surface area (Å²) in [7, 11) is 0. The van der Waals surface area contributed by atoms with Crippen molar-refractivity contribution in [2.45, 2.75) is 26.9 Å². The van der Waals surface area contributed by atoms with Gasteiger partial charge in [-0.2, -0.15) is 5.10 Å². The molecular formula is C24H22FN5O. The SMILES string of the molecule is CC(=O)N1CCn2nc(-c3ccc(F)cc3)c(-c3ccnc(-c4ccc(C)[nH]4)c3)c2C1. The summed E-state index contributed by atoms with van der Waals surface area (Å²) in [5.41, 5.74) is 7.33. The van der Waals surface area contributed by atoms with Crippen LogP contribution in [-0.4, -0.2) is 37.1 Å². The van der Waals surface area contributed by atoms with Crippen LogP contribution >= 0.6 is 0 Å². The molecule has 1 N–H and O–H groups in total. The Morgan fingerprint density at radius 2 is 1.87 bits per heavy atom. The van der Waals surface area contributed by atoms with Crippen LogP contribution in [-0.2, 0) is 17.9 Å². The Labute approximate surface area is 179 Å². The smallest absolute Gasteiger partial charge is 0.219 e. The number of aryl methyl sites for hydroxylation is 1. The van der Waals surface area contributed by atoms with E-state index in [1.165, 1.54) is 12.1 Å². The molecule has 0 saturated heterocycles. The third-order valence-corrected chi connectivity index (χ3v) is 5.70. The van der Waals surface area contributed by atoms with Crippen molar-refractivity contribution in [3.63, 3.8) is 0 Å². The molecule has 4 heterocycles. The van der Waals surface area contributed by atoms with Gasteiger partial charge in [-0.15, -0.1) is 0 Å². The molecule has 7 heteroatoms. The van der Waals surface area contributed by atoms with E-state index in [1.807, 2.05) is 40.8 Å². The zero-order chi connectivity index (χ0) is 21.5. The lowest BCUT2D eigenvalue weighted by Crippen LogP contribution is -2.37. The molecule has 1 aliphatic heterocycles. The maximum atomic E-state index is 13.6. The summed E-state index contributed by atoms with van der Waals surface area (Å²) in [6.07, 6.45) is 1.78. The molecule has 0 atom stereocenters. The highest BCUT2D eigenvalue weighted by Crippen LogP contribution is 2.37. The molecule has 0 radical (unpaired) electrons. The Morgan fingerprint density at radius 1 is 1.06 bits per heavy atom. The first-order valence-corrected chi connectivity index (χ1v) is 10.2. The molecule has 3 aromatic heterocycles. The van der Waals surface area contributed by atoms with E-state index in [-0.39, 0.29) is 11.7 Å². The van der Waals surface area contributed by atoms with Gasteiger partial charge in [0.1, 0.15) is 11.5 Å². The van der Waals surface area contributed by atoms with Gasteiger partial charge >= 0.3 is 0 Å². The highest BCUT2D eigenvalue weighted by Gasteiger charge is 2.27. The number of nitrogens with one attached hydrogen (secondary N) is 1. The number of benzene rings is 1. The van der Waals surface area contributed by atoms with E-state index in [9.17, 15) is 9.18 Å². The zero-order valence-electron chi connectivity index (χ0n) is 17.4. The number of hydrogen-bond donors (Lipinski definition) is 1. The molecule has 4 aromatic rings. The number of aromatic amines is 1. The Bertz CT molecular complexity index is 1270. The van der Waals surface area contributed by atoms with Gasteiger partial charge in [-0.1, -0.05) is 0 Å². The van der Waals surface area contributed by atoms with E-state index < -0.39 is 0 Å². The van der Waals surface area contributed by atoms with Crippen molar-refractivity contribution in [2.75, 3.05) is 6.54 Å². The molecule has 156 valence electrons. The minimum atomic E-state index is -0.287. The summed E-state index contributed by atoms with van der Waals surface area (Å²) in [5.74, 6) is -0.246. The highest BCUT2D eigenvalue weighted by molar-refractivity contribution is 5.84. The van der Waals surface area contributed by atoms with E-state index in [2.05, 4.69) is 9.97 Å². The number of amides is 1. The molecule has 1 amide bonds. The molecule has 0 unspecified atom stereocenters. The third-order valence-electron chi connectivity index (χ3n) is 5.70. The minimum absolute atomic E-state index is 0.0408. The van der Waals surface area contributed by atoms with Crippen LogP contribution < -0.4 is 0 Å². The van der Waals surface area contributed by atoms with Crippen molar-refractivity contribution < 1.29 is 9.18 Å². The highest BCUT2D eigenvalue weighted by atomic mass is 19.1. The van der Waals surface area contributed by atoms with Crippen LogP contribution in [0.1, 0.15) is 18.3 Å². The first kappa shape index (κ1) is 19.2. The van der Waals surface area contributed by atoms with E-state index in [4.69, 9.17) is 5.10 Å². The normalized spacial score (nSPS) is 13.3. The summed E-state index contributed by atoms with van der Waals surface area (Å²) in [4.78, 5) is 21.7. The van der Waals surface area contributed by atoms with Crippen molar-refractivity contribution in [2.24, 2.45) is 0 Å². The number of fused-ring (bicyclic) bond motifs is 1. The Hall–Kier alpha value is -3.74. The molecule has 0 spiro atoms. The van der Waals surface area contributed by atoms with Gasteiger partial charge in [0.2, 0.25) is 5.91 Å². The molecule has 31 heavy (non-hydrogen) atoms. The van der Waals surface area contributed by atoms with Crippen molar-refractivity contribution in [1.29, 1.82) is 0 Å². The van der Waals surface area contributed by atoms with Crippen LogP contribution in [0, 0.1) is 12.7 Å². The second kappa shape index (κ2) is 7.50. The van der Waals surface area contributed by atoms with Gasteiger partial charge in [0, 0.05) is 36.5 Å². The number of pyridine rings is 1. The number of nitrogens with zero attached hydrogens (tertiary/aromatic N) is 4. The first-order chi connectivity index (χ1) is 15.0. The summed E-state index contributed by atoms with van der Waals surface area (Å²) in [5, 5.41) is 4.86. The number of carbonyl (C=O) groups excluding carboxylic acids is 1. The van der Waals surface area contributed by atoms with E-state index >= 15 is 0 Å². The summed E-state index contributed by atoms with van der Waals surface area (Å²) >= 11 is 0. The molecule has 0 fully saturated rings. The van der Waals surface area contributed by atoms with Gasteiger partial charge in [-0.3, -0.25) is 14.5 Å². The lowest BCUT2D eigenvalue weighted by molar-refractivity contribution is -0.130. The first-order valence-electron chi connectivity index (χ1n) is 10.2. The molecule has 0 saturated carbocycles. The van der Waals surface area contributed by atoms with Gasteiger partial charge in [0.25, 0.3) is 0 Å². The second-order valence-corrected chi connectivity index (χ2v) is 7.83. The topological polar surface area (TPSA) is 66.8 Å². The fraction of sp³-hybridized carbons (Fsp3) is 0.208. The fourth-order valence-electron chi connectivity index (χ4n) is 4.09. The number of hydrogen-bond acceptors (Lipinski definition) is 3. The van der Waals surface area contributed by atoms with Crippen molar-refractivity contribution in [3.05, 3.63) is 71.9 Å². The molecule has 1 aliphatic rings. The van der Waals surface area contributed by atoms with Crippen LogP contribution in [0.3, 0.4) is 0 Å². The second-order valence-electron chi connectivity index (χ2n) is 7.83. The van der Waals surface area contributed by atoms with Crippen molar-refractivity contribution in [3.8, 4) is 33.8 Å². The van der Waals surface area contributed by atoms with Crippen molar-refractivity contribution >= 4 is 5.91 Å². The Kier molecular flexibility index (Phi) is 4.66. The maximum absolute atomic E-state index is 13.6. The molecule has 0 aliphatic carbocycles. The predicted octanol–water partition coefficient (Wildman–Crippen LogP) is 4.42. The third kappa shape index (κ3) is 3.52. The quantitative estimate of drug-likeness (QED) is 0.539. The van der Waals surface area contributed by atoms with E-state index in [1.54, 1.807) is 25.3 Å². The van der Waals surface area contributed by atoms with Gasteiger partial charge < -0.3 is 9.88 Å². The van der Waals surface area contributed by atoms with Gasteiger partial charge in [0.15, 0.2) is 0 Å². The summed E-state index contributed by atoms with van der Waals surface area (Å²) in [6.45, 7) is 5.32. The standard InChI is InChI=1S/C24H22FN5O/c1-15-3-8-20(27-15)21-13-18(9-10-26-21)23-22-14-29(16(2)31)11-12-30(22)28-24(23)17-4-6-19(25)7-5-17/h3-10,13,27H,11-12,14H2,1-2H3. The summed E-state index contributed by atoms with van der Waals surface area (Å²) in [6, 6.07) is 14.4. The van der Waals surface area contributed by atoms with Crippen LogP contribution in [0.5, 0.6) is 0 Å². The Balaban J connectivity index is 1.69. The largest absolute Gasteiger partial charge is 0.357 e. The molecule has 5 rings (SSSR count). The van der Waals surface area contributed by atoms with Crippen LogP contribution in [0.4, 0.5) is 4.39 Å². The lowest BCUT2D eigenvalue weighted by atomic mass is 9.98. The predicted molar refractivity (Wildman–Crippen MR) is 116 cm³/mol. The van der Waals surface area contributed by atoms with E-state index in [0.29, 0.717) is 19.6 Å². The van der Waals surface area contributed by atoms with Crippen LogP contribution in [0.25, 0.3) is 33.8 Å². The number of rotatable bonds is 3. The number of H-pyrrole nitrogens is 1. The molecular weight excluding hydrogens is 393 g/mol. The van der Waals surface area contributed by atoms with Gasteiger partial charge in [-0.05, 0) is 61.0 Å². The minimum Gasteiger partial charge on any atom is -0.357 e. The van der Waals surface area contributed by atoms with Crippen LogP contribution in [0.15, 0.2) is 54.7 Å². The van der Waals surface area contributed by atoms with Crippen LogP contribution in [0.2, 0.25) is 0 Å². The number of aromatic nitrogens is 4. The Morgan fingerprint density at radius 3 is 2.58 bits per heavy atom. The maximum Gasteiger partial charge on any atom is 0.219 e. The molecule has 1 aromatic carbocycles. The summed E-state index contributed by atoms with van der Waals surface area (Å²) < 4.78 is 15.5.